The zero-order valence-electron chi connectivity index (χ0n) is 8.32. The van der Waals surface area contributed by atoms with Crippen molar-refractivity contribution < 1.29 is 19.1 Å². The summed E-state index contributed by atoms with van der Waals surface area (Å²) < 4.78 is 10.4. The number of aromatic carboxylic acids is 1. The van der Waals surface area contributed by atoms with Gasteiger partial charge in [-0.2, -0.15) is 0 Å². The highest BCUT2D eigenvalue weighted by Crippen LogP contribution is 2.10. The van der Waals surface area contributed by atoms with Crippen molar-refractivity contribution in [3.8, 4) is 0 Å². The fourth-order valence-electron chi connectivity index (χ4n) is 0.913. The summed E-state index contributed by atoms with van der Waals surface area (Å²) in [5, 5.41) is 8.59. The molecule has 4 heteroatoms. The minimum absolute atomic E-state index is 0.0484. The molecular formula is C10H14O4. The maximum Gasteiger partial charge on any atom is 0.371 e. The number of carboxylic acids is 1. The molecule has 4 nitrogen and oxygen atoms in total. The molecule has 1 rings (SSSR count). The quantitative estimate of drug-likeness (QED) is 0.788. The van der Waals surface area contributed by atoms with Gasteiger partial charge in [0.15, 0.2) is 0 Å². The van der Waals surface area contributed by atoms with Crippen LogP contribution >= 0.6 is 0 Å². The van der Waals surface area contributed by atoms with Crippen LogP contribution in [0, 0.1) is 0 Å². The molecule has 0 saturated heterocycles. The van der Waals surface area contributed by atoms with Crippen LogP contribution < -0.4 is 0 Å². The first-order chi connectivity index (χ1) is 6.63. The second kappa shape index (κ2) is 4.81. The molecule has 0 fully saturated rings. The summed E-state index contributed by atoms with van der Waals surface area (Å²) in [5.41, 5.74) is 0. The van der Waals surface area contributed by atoms with Crippen LogP contribution in [0.3, 0.4) is 0 Å². The van der Waals surface area contributed by atoms with Crippen molar-refractivity contribution in [2.24, 2.45) is 0 Å². The van der Waals surface area contributed by atoms with Gasteiger partial charge in [0.25, 0.3) is 0 Å². The molecule has 1 heterocycles. The molecule has 1 N–H and O–H groups in total. The maximum atomic E-state index is 10.5. The van der Waals surface area contributed by atoms with E-state index in [-0.39, 0.29) is 11.9 Å². The molecule has 0 bridgehead atoms. The fourth-order valence-corrected chi connectivity index (χ4v) is 0.913. The van der Waals surface area contributed by atoms with E-state index in [1.54, 1.807) is 6.07 Å². The molecule has 1 unspecified atom stereocenters. The summed E-state index contributed by atoms with van der Waals surface area (Å²) in [6.07, 6.45) is 1.08. The third-order valence-corrected chi connectivity index (χ3v) is 1.96. The molecule has 0 radical (unpaired) electrons. The van der Waals surface area contributed by atoms with Crippen LogP contribution in [0.25, 0.3) is 0 Å². The molecule has 0 spiro atoms. The summed E-state index contributed by atoms with van der Waals surface area (Å²) in [5.74, 6) is -0.560. The van der Waals surface area contributed by atoms with E-state index < -0.39 is 5.97 Å². The second-order valence-corrected chi connectivity index (χ2v) is 3.10. The number of ether oxygens (including phenoxy) is 1. The van der Waals surface area contributed by atoms with Crippen molar-refractivity contribution in [3.63, 3.8) is 0 Å². The van der Waals surface area contributed by atoms with Gasteiger partial charge in [-0.25, -0.2) is 4.79 Å². The fraction of sp³-hybridized carbons (Fsp3) is 0.500. The highest BCUT2D eigenvalue weighted by atomic mass is 16.5. The lowest BCUT2D eigenvalue weighted by molar-refractivity contribution is 0.0390. The smallest absolute Gasteiger partial charge is 0.371 e. The second-order valence-electron chi connectivity index (χ2n) is 3.10. The Morgan fingerprint density at radius 1 is 1.64 bits per heavy atom. The van der Waals surface area contributed by atoms with Gasteiger partial charge in [0.05, 0.1) is 6.10 Å². The first kappa shape index (κ1) is 10.8. The molecule has 0 aliphatic rings. The van der Waals surface area contributed by atoms with Gasteiger partial charge < -0.3 is 14.3 Å². The maximum absolute atomic E-state index is 10.5. The monoisotopic (exact) mass is 198 g/mol. The van der Waals surface area contributed by atoms with Crippen molar-refractivity contribution in [3.05, 3.63) is 23.7 Å². The van der Waals surface area contributed by atoms with Crippen LogP contribution in [0.15, 0.2) is 16.5 Å². The zero-order valence-corrected chi connectivity index (χ0v) is 8.32. The van der Waals surface area contributed by atoms with E-state index >= 15 is 0 Å². The van der Waals surface area contributed by atoms with E-state index in [4.69, 9.17) is 14.3 Å². The van der Waals surface area contributed by atoms with Gasteiger partial charge in [-0.1, -0.05) is 6.92 Å². The molecule has 14 heavy (non-hydrogen) atoms. The molecule has 0 saturated carbocycles. The molecule has 1 aromatic rings. The Morgan fingerprint density at radius 2 is 2.36 bits per heavy atom. The van der Waals surface area contributed by atoms with Crippen LogP contribution in [-0.4, -0.2) is 17.2 Å². The van der Waals surface area contributed by atoms with Crippen LogP contribution in [0.2, 0.25) is 0 Å². The van der Waals surface area contributed by atoms with Crippen molar-refractivity contribution in [2.45, 2.75) is 33.0 Å². The normalized spacial score (nSPS) is 12.7. The summed E-state index contributed by atoms with van der Waals surface area (Å²) in [4.78, 5) is 10.5. The molecule has 0 aliphatic carbocycles. The minimum atomic E-state index is -1.06. The van der Waals surface area contributed by atoms with Crippen molar-refractivity contribution in [1.29, 1.82) is 0 Å². The van der Waals surface area contributed by atoms with E-state index in [1.165, 1.54) is 6.07 Å². The van der Waals surface area contributed by atoms with Crippen molar-refractivity contribution in [1.82, 2.24) is 0 Å². The summed E-state index contributed by atoms with van der Waals surface area (Å²) >= 11 is 0. The zero-order chi connectivity index (χ0) is 10.6. The molecule has 0 aromatic carbocycles. The molecule has 0 amide bonds. The van der Waals surface area contributed by atoms with Crippen molar-refractivity contribution in [2.75, 3.05) is 0 Å². The van der Waals surface area contributed by atoms with Crippen LogP contribution in [0.4, 0.5) is 0 Å². The summed E-state index contributed by atoms with van der Waals surface area (Å²) in [6, 6.07) is 3.05. The minimum Gasteiger partial charge on any atom is -0.475 e. The first-order valence-electron chi connectivity index (χ1n) is 4.57. The van der Waals surface area contributed by atoms with Gasteiger partial charge in [0.2, 0.25) is 5.76 Å². The van der Waals surface area contributed by atoms with E-state index in [9.17, 15) is 4.79 Å². The van der Waals surface area contributed by atoms with Gasteiger partial charge in [0, 0.05) is 0 Å². The summed E-state index contributed by atoms with van der Waals surface area (Å²) in [7, 11) is 0. The Labute approximate surface area is 82.5 Å². The van der Waals surface area contributed by atoms with E-state index in [2.05, 4.69) is 0 Å². The largest absolute Gasteiger partial charge is 0.475 e. The van der Waals surface area contributed by atoms with Gasteiger partial charge in [0.1, 0.15) is 12.4 Å². The molecule has 1 aromatic heterocycles. The van der Waals surface area contributed by atoms with E-state index in [1.807, 2.05) is 13.8 Å². The van der Waals surface area contributed by atoms with E-state index in [0.717, 1.165) is 6.42 Å². The lowest BCUT2D eigenvalue weighted by Gasteiger charge is -2.07. The number of hydrogen-bond donors (Lipinski definition) is 1. The Kier molecular flexibility index (Phi) is 3.71. The topological polar surface area (TPSA) is 59.7 Å². The van der Waals surface area contributed by atoms with Gasteiger partial charge in [-0.3, -0.25) is 0 Å². The van der Waals surface area contributed by atoms with Gasteiger partial charge >= 0.3 is 5.97 Å². The van der Waals surface area contributed by atoms with Gasteiger partial charge in [-0.15, -0.1) is 0 Å². The Morgan fingerprint density at radius 3 is 2.86 bits per heavy atom. The standard InChI is InChI=1S/C10H14O4/c1-3-7(2)13-6-8-4-5-9(14-8)10(11)12/h4-5,7H,3,6H2,1-2H3,(H,11,12). The Balaban J connectivity index is 2.48. The summed E-state index contributed by atoms with van der Waals surface area (Å²) in [6.45, 7) is 4.30. The highest BCUT2D eigenvalue weighted by molar-refractivity contribution is 5.84. The third kappa shape index (κ3) is 2.88. The van der Waals surface area contributed by atoms with Crippen LogP contribution in [0.5, 0.6) is 0 Å². The predicted molar refractivity (Wildman–Crippen MR) is 50.2 cm³/mol. The SMILES string of the molecule is CCC(C)OCc1ccc(C(=O)O)o1. The van der Waals surface area contributed by atoms with Crippen LogP contribution in [0.1, 0.15) is 36.6 Å². The number of rotatable bonds is 5. The average molecular weight is 198 g/mol. The number of hydrogen-bond acceptors (Lipinski definition) is 3. The number of carbonyl (C=O) groups is 1. The van der Waals surface area contributed by atoms with E-state index in [0.29, 0.717) is 12.4 Å². The Hall–Kier alpha value is -1.29. The molecule has 78 valence electrons. The lowest BCUT2D eigenvalue weighted by Crippen LogP contribution is -2.05. The molecule has 1 atom stereocenters. The number of carboxylic acid groups (broad SMARTS) is 1. The molecule has 0 aliphatic heterocycles. The number of furan rings is 1. The highest BCUT2D eigenvalue weighted by Gasteiger charge is 2.09. The third-order valence-electron chi connectivity index (χ3n) is 1.96. The Bertz CT molecular complexity index is 303. The average Bonchev–Trinajstić information content (AvgIpc) is 2.62. The van der Waals surface area contributed by atoms with Crippen molar-refractivity contribution >= 4 is 5.97 Å². The lowest BCUT2D eigenvalue weighted by atomic mass is 10.3. The van der Waals surface area contributed by atoms with Crippen LogP contribution in [-0.2, 0) is 11.3 Å². The first-order valence-corrected chi connectivity index (χ1v) is 4.57. The predicted octanol–water partition coefficient (Wildman–Crippen LogP) is 2.29. The molecular weight excluding hydrogens is 184 g/mol. The van der Waals surface area contributed by atoms with Gasteiger partial charge in [-0.05, 0) is 25.5 Å².